The van der Waals surface area contributed by atoms with Crippen LogP contribution < -0.4 is 11.5 Å². The van der Waals surface area contributed by atoms with Gasteiger partial charge in [-0.15, -0.1) is 12.4 Å². The van der Waals surface area contributed by atoms with Crippen molar-refractivity contribution in [2.75, 3.05) is 0 Å². The Kier molecular flexibility index (Phi) is 9.15. The van der Waals surface area contributed by atoms with Gasteiger partial charge in [-0.2, -0.15) is 0 Å². The van der Waals surface area contributed by atoms with Crippen LogP contribution in [0.2, 0.25) is 0 Å². The Labute approximate surface area is 110 Å². The number of carboxylic acids is 1. The Bertz CT molecular complexity index is 446. The van der Waals surface area contributed by atoms with Crippen molar-refractivity contribution in [3.8, 4) is 0 Å². The highest BCUT2D eigenvalue weighted by Gasteiger charge is 2.02. The van der Waals surface area contributed by atoms with Crippen LogP contribution in [0.4, 0.5) is 4.39 Å². The SMILES string of the molecule is C/C(=C\c1ccccc1F)C(=O)O.Cl.N=C(N)N. The largest absolute Gasteiger partial charge is 0.478 e. The van der Waals surface area contributed by atoms with Crippen LogP contribution in [0.25, 0.3) is 6.08 Å². The van der Waals surface area contributed by atoms with E-state index in [2.05, 4.69) is 11.5 Å². The molecule has 0 heterocycles. The molecule has 18 heavy (non-hydrogen) atoms. The number of nitrogens with two attached hydrogens (primary N) is 2. The van der Waals surface area contributed by atoms with Crippen LogP contribution in [0, 0.1) is 11.2 Å². The number of carbonyl (C=O) groups is 1. The van der Waals surface area contributed by atoms with Crippen LogP contribution in [-0.2, 0) is 4.79 Å². The number of aliphatic carboxylic acids is 1. The highest BCUT2D eigenvalue weighted by Crippen LogP contribution is 2.10. The number of carboxylic acid groups (broad SMARTS) is 1. The van der Waals surface area contributed by atoms with Gasteiger partial charge in [0, 0.05) is 11.1 Å². The molecule has 0 saturated heterocycles. The molecule has 6 N–H and O–H groups in total. The summed E-state index contributed by atoms with van der Waals surface area (Å²) in [5.74, 6) is -1.79. The summed E-state index contributed by atoms with van der Waals surface area (Å²) in [6.45, 7) is 1.43. The van der Waals surface area contributed by atoms with Crippen molar-refractivity contribution in [1.29, 1.82) is 5.41 Å². The lowest BCUT2D eigenvalue weighted by Crippen LogP contribution is -2.20. The van der Waals surface area contributed by atoms with Crippen LogP contribution in [0.15, 0.2) is 29.8 Å². The van der Waals surface area contributed by atoms with Crippen molar-refractivity contribution in [3.05, 3.63) is 41.2 Å². The van der Waals surface area contributed by atoms with E-state index in [4.69, 9.17) is 10.5 Å². The molecule has 0 amide bonds. The van der Waals surface area contributed by atoms with Crippen molar-refractivity contribution in [3.63, 3.8) is 0 Å². The third-order valence-electron chi connectivity index (χ3n) is 1.61. The Hall–Kier alpha value is -2.08. The molecule has 7 heteroatoms. The average Bonchev–Trinajstić information content (AvgIpc) is 2.20. The van der Waals surface area contributed by atoms with Crippen molar-refractivity contribution < 1.29 is 14.3 Å². The third kappa shape index (κ3) is 8.12. The summed E-state index contributed by atoms with van der Waals surface area (Å²) in [5.41, 5.74) is 9.35. The maximum absolute atomic E-state index is 13.0. The minimum atomic E-state index is -1.04. The van der Waals surface area contributed by atoms with E-state index in [0.717, 1.165) is 0 Å². The predicted octanol–water partition coefficient (Wildman–Crippen LogP) is 1.57. The summed E-state index contributed by atoms with van der Waals surface area (Å²) in [5, 5.41) is 14.6. The van der Waals surface area contributed by atoms with Gasteiger partial charge in [-0.25, -0.2) is 9.18 Å². The molecule has 0 atom stereocenters. The molecule has 0 unspecified atom stereocenters. The summed E-state index contributed by atoms with van der Waals surface area (Å²) in [7, 11) is 0. The Morgan fingerprint density at radius 1 is 1.39 bits per heavy atom. The number of nitrogens with one attached hydrogen (secondary N) is 1. The van der Waals surface area contributed by atoms with Crippen LogP contribution in [0.1, 0.15) is 12.5 Å². The van der Waals surface area contributed by atoms with Crippen molar-refractivity contribution in [2.24, 2.45) is 11.5 Å². The van der Waals surface area contributed by atoms with Gasteiger partial charge < -0.3 is 16.6 Å². The second kappa shape index (κ2) is 9.00. The minimum absolute atomic E-state index is 0. The fourth-order valence-electron chi connectivity index (χ4n) is 0.887. The van der Waals surface area contributed by atoms with E-state index >= 15 is 0 Å². The zero-order valence-corrected chi connectivity index (χ0v) is 10.5. The van der Waals surface area contributed by atoms with Gasteiger partial charge >= 0.3 is 5.97 Å². The molecule has 1 rings (SSSR count). The van der Waals surface area contributed by atoms with E-state index in [1.54, 1.807) is 12.1 Å². The fourth-order valence-corrected chi connectivity index (χ4v) is 0.887. The fraction of sp³-hybridized carbons (Fsp3) is 0.0909. The van der Waals surface area contributed by atoms with Gasteiger partial charge in [-0.3, -0.25) is 5.41 Å². The molecule has 0 bridgehead atoms. The predicted molar refractivity (Wildman–Crippen MR) is 71.0 cm³/mol. The lowest BCUT2D eigenvalue weighted by atomic mass is 10.1. The van der Waals surface area contributed by atoms with Gasteiger partial charge in [0.25, 0.3) is 0 Å². The molecule has 0 saturated carbocycles. The van der Waals surface area contributed by atoms with E-state index in [1.165, 1.54) is 25.1 Å². The first-order valence-corrected chi connectivity index (χ1v) is 4.60. The summed E-state index contributed by atoms with van der Waals surface area (Å²) in [6.07, 6.45) is 1.30. The van der Waals surface area contributed by atoms with E-state index in [9.17, 15) is 9.18 Å². The molecule has 1 aromatic carbocycles. The molecule has 0 aliphatic carbocycles. The first kappa shape index (κ1) is 18.3. The summed E-state index contributed by atoms with van der Waals surface area (Å²) < 4.78 is 13.0. The maximum Gasteiger partial charge on any atom is 0.331 e. The first-order chi connectivity index (χ1) is 7.84. The summed E-state index contributed by atoms with van der Waals surface area (Å²) in [6, 6.07) is 6.04. The van der Waals surface area contributed by atoms with Crippen LogP contribution in [0.5, 0.6) is 0 Å². The third-order valence-corrected chi connectivity index (χ3v) is 1.61. The summed E-state index contributed by atoms with van der Waals surface area (Å²) >= 11 is 0. The minimum Gasteiger partial charge on any atom is -0.478 e. The van der Waals surface area contributed by atoms with E-state index < -0.39 is 11.8 Å². The molecule has 0 aliphatic rings. The van der Waals surface area contributed by atoms with Gasteiger partial charge in [0.15, 0.2) is 5.96 Å². The number of halogens is 2. The quantitative estimate of drug-likeness (QED) is 0.373. The van der Waals surface area contributed by atoms with Gasteiger partial charge in [0.2, 0.25) is 0 Å². The average molecular weight is 276 g/mol. The Morgan fingerprint density at radius 3 is 2.22 bits per heavy atom. The molecular weight excluding hydrogens is 261 g/mol. The van der Waals surface area contributed by atoms with E-state index in [-0.39, 0.29) is 23.9 Å². The topological polar surface area (TPSA) is 113 Å². The van der Waals surface area contributed by atoms with Gasteiger partial charge in [-0.05, 0) is 19.1 Å². The molecule has 1 aromatic rings. The highest BCUT2D eigenvalue weighted by molar-refractivity contribution is 5.91. The molecular formula is C11H15ClFN3O2. The van der Waals surface area contributed by atoms with E-state index in [0.29, 0.717) is 5.56 Å². The Morgan fingerprint density at radius 2 is 1.83 bits per heavy atom. The zero-order chi connectivity index (χ0) is 13.4. The van der Waals surface area contributed by atoms with Crippen LogP contribution >= 0.6 is 12.4 Å². The van der Waals surface area contributed by atoms with Crippen molar-refractivity contribution >= 4 is 30.4 Å². The lowest BCUT2D eigenvalue weighted by Gasteiger charge is -1.96. The van der Waals surface area contributed by atoms with Gasteiger partial charge in [0.05, 0.1) is 0 Å². The summed E-state index contributed by atoms with van der Waals surface area (Å²) in [4.78, 5) is 10.4. The normalized spacial score (nSPS) is 9.56. The van der Waals surface area contributed by atoms with Crippen molar-refractivity contribution in [1.82, 2.24) is 0 Å². The van der Waals surface area contributed by atoms with Crippen molar-refractivity contribution in [2.45, 2.75) is 6.92 Å². The standard InChI is InChI=1S/C10H9FO2.CH5N3.ClH/c1-7(10(12)13)6-8-4-2-3-5-9(8)11;2-1(3)4;/h2-6H,1H3,(H,12,13);(H5,2,3,4);1H/b7-6+;;. The Balaban J connectivity index is 0. The molecule has 0 aliphatic heterocycles. The van der Waals surface area contributed by atoms with Crippen LogP contribution in [-0.4, -0.2) is 17.0 Å². The number of benzene rings is 1. The van der Waals surface area contributed by atoms with Gasteiger partial charge in [-0.1, -0.05) is 18.2 Å². The number of hydrogen-bond acceptors (Lipinski definition) is 2. The zero-order valence-electron chi connectivity index (χ0n) is 9.68. The molecule has 5 nitrogen and oxygen atoms in total. The number of rotatable bonds is 2. The second-order valence-electron chi connectivity index (χ2n) is 3.11. The smallest absolute Gasteiger partial charge is 0.331 e. The monoisotopic (exact) mass is 275 g/mol. The molecule has 0 aromatic heterocycles. The molecule has 0 radical (unpaired) electrons. The first-order valence-electron chi connectivity index (χ1n) is 4.60. The lowest BCUT2D eigenvalue weighted by molar-refractivity contribution is -0.132. The number of hydrogen-bond donors (Lipinski definition) is 4. The maximum atomic E-state index is 13.0. The van der Waals surface area contributed by atoms with E-state index in [1.807, 2.05) is 0 Å². The highest BCUT2D eigenvalue weighted by atomic mass is 35.5. The number of guanidine groups is 1. The molecule has 100 valence electrons. The molecule has 0 fully saturated rings. The second-order valence-corrected chi connectivity index (χ2v) is 3.11. The van der Waals surface area contributed by atoms with Gasteiger partial charge in [0.1, 0.15) is 5.82 Å². The molecule has 0 spiro atoms. The van der Waals surface area contributed by atoms with Crippen LogP contribution in [0.3, 0.4) is 0 Å².